The number of carbonyl (C=O) groups excluding carboxylic acids is 1. The highest BCUT2D eigenvalue weighted by Crippen LogP contribution is 2.14. The highest BCUT2D eigenvalue weighted by molar-refractivity contribution is 9.10. The van der Waals surface area contributed by atoms with Crippen LogP contribution in [0.1, 0.15) is 6.92 Å². The lowest BCUT2D eigenvalue weighted by atomic mass is 10.2. The third-order valence-corrected chi connectivity index (χ3v) is 4.89. The quantitative estimate of drug-likeness (QED) is 0.816. The molecule has 126 valence electrons. The zero-order chi connectivity index (χ0) is 16.9. The summed E-state index contributed by atoms with van der Waals surface area (Å²) in [5, 5.41) is 2.99. The van der Waals surface area contributed by atoms with Crippen LogP contribution in [0.2, 0.25) is 0 Å². The van der Waals surface area contributed by atoms with Crippen molar-refractivity contribution in [3.05, 3.63) is 47.2 Å². The van der Waals surface area contributed by atoms with Gasteiger partial charge < -0.3 is 15.1 Å². The van der Waals surface area contributed by atoms with Gasteiger partial charge in [0.2, 0.25) is 5.95 Å². The lowest BCUT2D eigenvalue weighted by molar-refractivity contribution is -0.914. The molecule has 1 amide bonds. The van der Waals surface area contributed by atoms with Crippen molar-refractivity contribution in [1.29, 1.82) is 0 Å². The topological polar surface area (TPSA) is 62.6 Å². The molecule has 1 saturated heterocycles. The molecule has 1 fully saturated rings. The number of hydrogen-bond donors (Lipinski definition) is 2. The van der Waals surface area contributed by atoms with E-state index in [2.05, 4.69) is 36.1 Å². The molecule has 0 aliphatic carbocycles. The van der Waals surface area contributed by atoms with E-state index in [1.54, 1.807) is 12.4 Å². The maximum atomic E-state index is 12.5. The minimum atomic E-state index is -0.0903. The molecule has 2 N–H and O–H groups in total. The average Bonchev–Trinajstić information content (AvgIpc) is 2.64. The Morgan fingerprint density at radius 1 is 1.21 bits per heavy atom. The standard InChI is InChI=1S/C17H20BrN5O/c1-13(16(24)21-15-5-3-14(18)4-6-15)22-9-11-23(12-10-22)17-19-7-2-8-20-17/h2-8,13H,9-12H2,1H3,(H,21,24)/p+1/t13-/m0/s1. The number of piperazine rings is 1. The second kappa shape index (κ2) is 7.72. The van der Waals surface area contributed by atoms with Gasteiger partial charge in [0.05, 0.1) is 26.2 Å². The fraction of sp³-hybridized carbons (Fsp3) is 0.353. The number of carbonyl (C=O) groups is 1. The Bertz CT molecular complexity index is 671. The van der Waals surface area contributed by atoms with Crippen molar-refractivity contribution in [1.82, 2.24) is 9.97 Å². The maximum Gasteiger partial charge on any atom is 0.282 e. The zero-order valence-corrected chi connectivity index (χ0v) is 15.2. The third kappa shape index (κ3) is 4.10. The van der Waals surface area contributed by atoms with Gasteiger partial charge in [-0.2, -0.15) is 0 Å². The number of amides is 1. The lowest BCUT2D eigenvalue weighted by Crippen LogP contribution is -3.19. The van der Waals surface area contributed by atoms with Gasteiger partial charge in [-0.3, -0.25) is 4.79 Å². The van der Waals surface area contributed by atoms with Crippen molar-refractivity contribution in [3.63, 3.8) is 0 Å². The first-order chi connectivity index (χ1) is 11.6. The lowest BCUT2D eigenvalue weighted by Gasteiger charge is -2.34. The average molecular weight is 391 g/mol. The molecule has 1 aliphatic rings. The van der Waals surface area contributed by atoms with Gasteiger partial charge in [0.15, 0.2) is 6.04 Å². The van der Waals surface area contributed by atoms with Crippen molar-refractivity contribution >= 4 is 33.5 Å². The van der Waals surface area contributed by atoms with E-state index in [1.807, 2.05) is 37.3 Å². The summed E-state index contributed by atoms with van der Waals surface area (Å²) in [5.41, 5.74) is 0.825. The summed E-state index contributed by atoms with van der Waals surface area (Å²) in [6.45, 7) is 5.49. The number of halogens is 1. The van der Waals surface area contributed by atoms with Crippen molar-refractivity contribution < 1.29 is 9.69 Å². The number of rotatable bonds is 4. The minimum Gasteiger partial charge on any atom is -0.330 e. The second-order valence-electron chi connectivity index (χ2n) is 5.91. The third-order valence-electron chi connectivity index (χ3n) is 4.36. The van der Waals surface area contributed by atoms with Crippen molar-refractivity contribution in [3.8, 4) is 0 Å². The van der Waals surface area contributed by atoms with Gasteiger partial charge in [-0.25, -0.2) is 9.97 Å². The first kappa shape index (κ1) is 16.9. The van der Waals surface area contributed by atoms with Crippen LogP contribution < -0.4 is 15.1 Å². The highest BCUT2D eigenvalue weighted by Gasteiger charge is 2.29. The van der Waals surface area contributed by atoms with Gasteiger partial charge in [-0.05, 0) is 37.3 Å². The predicted octanol–water partition coefficient (Wildman–Crippen LogP) is 0.971. The summed E-state index contributed by atoms with van der Waals surface area (Å²) in [6.07, 6.45) is 3.52. The molecular weight excluding hydrogens is 370 g/mol. The molecule has 24 heavy (non-hydrogen) atoms. The van der Waals surface area contributed by atoms with E-state index in [9.17, 15) is 4.79 Å². The van der Waals surface area contributed by atoms with Crippen LogP contribution >= 0.6 is 15.9 Å². The van der Waals surface area contributed by atoms with E-state index in [0.717, 1.165) is 42.3 Å². The molecule has 1 aromatic heterocycles. The maximum absolute atomic E-state index is 12.5. The molecule has 0 radical (unpaired) electrons. The van der Waals surface area contributed by atoms with Crippen LogP contribution in [0.3, 0.4) is 0 Å². The Kier molecular flexibility index (Phi) is 5.42. The minimum absolute atomic E-state index is 0.0525. The Labute approximate surface area is 150 Å². The molecule has 0 unspecified atom stereocenters. The molecule has 0 saturated carbocycles. The van der Waals surface area contributed by atoms with Crippen LogP contribution in [0.4, 0.5) is 11.6 Å². The van der Waals surface area contributed by atoms with E-state index in [1.165, 1.54) is 4.90 Å². The summed E-state index contributed by atoms with van der Waals surface area (Å²) >= 11 is 3.40. The van der Waals surface area contributed by atoms with Crippen LogP contribution in [-0.4, -0.2) is 48.1 Å². The summed E-state index contributed by atoms with van der Waals surface area (Å²) in [4.78, 5) is 24.5. The first-order valence-corrected chi connectivity index (χ1v) is 8.86. The Balaban J connectivity index is 1.53. The van der Waals surface area contributed by atoms with Gasteiger partial charge >= 0.3 is 0 Å². The predicted molar refractivity (Wildman–Crippen MR) is 97.2 cm³/mol. The van der Waals surface area contributed by atoms with Gasteiger partial charge in [0, 0.05) is 22.6 Å². The van der Waals surface area contributed by atoms with E-state index in [4.69, 9.17) is 0 Å². The Morgan fingerprint density at radius 2 is 1.83 bits per heavy atom. The zero-order valence-electron chi connectivity index (χ0n) is 13.6. The number of anilines is 2. The van der Waals surface area contributed by atoms with Crippen LogP contribution in [0, 0.1) is 0 Å². The van der Waals surface area contributed by atoms with Crippen molar-refractivity contribution in [2.45, 2.75) is 13.0 Å². The summed E-state index contributed by atoms with van der Waals surface area (Å²) < 4.78 is 0.999. The van der Waals surface area contributed by atoms with Gasteiger partial charge in [0.1, 0.15) is 0 Å². The fourth-order valence-corrected chi connectivity index (χ4v) is 3.11. The summed E-state index contributed by atoms with van der Waals surface area (Å²) in [7, 11) is 0. The molecule has 2 aromatic rings. The Hall–Kier alpha value is -1.99. The monoisotopic (exact) mass is 390 g/mol. The van der Waals surface area contributed by atoms with E-state index in [-0.39, 0.29) is 11.9 Å². The van der Waals surface area contributed by atoms with Crippen LogP contribution in [-0.2, 0) is 4.79 Å². The fourth-order valence-electron chi connectivity index (χ4n) is 2.85. The second-order valence-corrected chi connectivity index (χ2v) is 6.83. The molecular formula is C17H21BrN5O+. The smallest absolute Gasteiger partial charge is 0.282 e. The number of aromatic nitrogens is 2. The SMILES string of the molecule is C[C@@H](C(=O)Nc1ccc(Br)cc1)[NH+]1CCN(c2ncccn2)CC1. The van der Waals surface area contributed by atoms with E-state index in [0.29, 0.717) is 0 Å². The number of benzene rings is 1. The van der Waals surface area contributed by atoms with E-state index >= 15 is 0 Å². The molecule has 6 nitrogen and oxygen atoms in total. The Morgan fingerprint density at radius 3 is 2.46 bits per heavy atom. The van der Waals surface area contributed by atoms with Crippen molar-refractivity contribution in [2.24, 2.45) is 0 Å². The van der Waals surface area contributed by atoms with Crippen LogP contribution in [0.15, 0.2) is 47.2 Å². The first-order valence-electron chi connectivity index (χ1n) is 8.06. The van der Waals surface area contributed by atoms with Crippen LogP contribution in [0.5, 0.6) is 0 Å². The van der Waals surface area contributed by atoms with Gasteiger partial charge in [-0.1, -0.05) is 15.9 Å². The molecule has 1 aliphatic heterocycles. The molecule has 1 atom stereocenters. The van der Waals surface area contributed by atoms with Crippen molar-refractivity contribution in [2.75, 3.05) is 36.4 Å². The summed E-state index contributed by atoms with van der Waals surface area (Å²) in [6, 6.07) is 9.37. The number of hydrogen-bond acceptors (Lipinski definition) is 4. The van der Waals surface area contributed by atoms with Gasteiger partial charge in [-0.15, -0.1) is 0 Å². The van der Waals surface area contributed by atoms with Gasteiger partial charge in [0.25, 0.3) is 5.91 Å². The molecule has 2 heterocycles. The number of nitrogens with zero attached hydrogens (tertiary/aromatic N) is 3. The normalized spacial score (nSPS) is 16.7. The molecule has 7 heteroatoms. The molecule has 1 aromatic carbocycles. The largest absolute Gasteiger partial charge is 0.330 e. The highest BCUT2D eigenvalue weighted by atomic mass is 79.9. The molecule has 3 rings (SSSR count). The number of nitrogens with one attached hydrogen (secondary N) is 2. The summed E-state index contributed by atoms with van der Waals surface area (Å²) in [5.74, 6) is 0.820. The van der Waals surface area contributed by atoms with E-state index < -0.39 is 0 Å². The van der Waals surface area contributed by atoms with Crippen LogP contribution in [0.25, 0.3) is 0 Å². The molecule has 0 spiro atoms. The molecule has 0 bridgehead atoms. The number of quaternary nitrogens is 1.